The lowest BCUT2D eigenvalue weighted by atomic mass is 10.1. The average molecular weight is 313 g/mol. The lowest BCUT2D eigenvalue weighted by Gasteiger charge is -2.21. The zero-order valence-electron chi connectivity index (χ0n) is 11.8. The minimum absolute atomic E-state index is 0.213. The Morgan fingerprint density at radius 3 is 2.29 bits per heavy atom. The van der Waals surface area contributed by atoms with Gasteiger partial charge in [-0.05, 0) is 12.8 Å². The number of hydrogen-bond acceptors (Lipinski definition) is 4. The van der Waals surface area contributed by atoms with Crippen molar-refractivity contribution in [3.63, 3.8) is 0 Å². The number of ether oxygens (including phenoxy) is 1. The Bertz CT molecular complexity index is 476. The Hall–Kier alpha value is -1.67. The molecule has 21 heavy (non-hydrogen) atoms. The summed E-state index contributed by atoms with van der Waals surface area (Å²) >= 11 is 0. The molecule has 1 N–H and O–H groups in total. The van der Waals surface area contributed by atoms with Crippen LogP contribution in [0.1, 0.15) is 32.3 Å². The van der Waals surface area contributed by atoms with Gasteiger partial charge in [0.2, 0.25) is 5.88 Å². The maximum atomic E-state index is 12.9. The molecular weight excluding hydrogens is 297 g/mol. The van der Waals surface area contributed by atoms with Crippen LogP contribution in [0.3, 0.4) is 0 Å². The van der Waals surface area contributed by atoms with E-state index in [1.165, 1.54) is 0 Å². The fourth-order valence-corrected chi connectivity index (χ4v) is 1.56. The summed E-state index contributed by atoms with van der Waals surface area (Å²) in [7, 11) is 0. The molecule has 0 spiro atoms. The van der Waals surface area contributed by atoms with Crippen molar-refractivity contribution in [2.45, 2.75) is 38.8 Å². The van der Waals surface area contributed by atoms with Crippen LogP contribution in [0, 0.1) is 0 Å². The predicted molar refractivity (Wildman–Crippen MR) is 66.8 cm³/mol. The van der Waals surface area contributed by atoms with Gasteiger partial charge in [0.25, 0.3) is 0 Å². The number of rotatable bonds is 6. The molecule has 0 aliphatic heterocycles. The Kier molecular flexibility index (Phi) is 5.30. The van der Waals surface area contributed by atoms with E-state index < -0.39 is 18.7 Å². The molecule has 0 unspecified atom stereocenters. The first kappa shape index (κ1) is 17.4. The van der Waals surface area contributed by atoms with Crippen molar-refractivity contribution in [1.82, 2.24) is 9.97 Å². The van der Waals surface area contributed by atoms with Gasteiger partial charge < -0.3 is 10.1 Å². The van der Waals surface area contributed by atoms with Gasteiger partial charge in [0.05, 0.1) is 5.56 Å². The number of nitrogens with zero attached hydrogens (tertiary/aromatic N) is 2. The molecule has 0 aromatic carbocycles. The van der Waals surface area contributed by atoms with E-state index in [1.807, 2.05) is 0 Å². The lowest BCUT2D eigenvalue weighted by Crippen LogP contribution is -2.42. The van der Waals surface area contributed by atoms with Crippen molar-refractivity contribution in [2.75, 3.05) is 18.5 Å². The van der Waals surface area contributed by atoms with Gasteiger partial charge in [0.15, 0.2) is 6.61 Å². The van der Waals surface area contributed by atoms with Crippen LogP contribution in [0.25, 0.3) is 0 Å². The van der Waals surface area contributed by atoms with Crippen LogP contribution < -0.4 is 10.1 Å². The fourth-order valence-electron chi connectivity index (χ4n) is 1.56. The van der Waals surface area contributed by atoms with Gasteiger partial charge in [0, 0.05) is 6.54 Å². The summed E-state index contributed by atoms with van der Waals surface area (Å²) in [5.41, 5.74) is 0.359. The van der Waals surface area contributed by atoms with Crippen molar-refractivity contribution in [1.29, 1.82) is 0 Å². The van der Waals surface area contributed by atoms with Crippen LogP contribution in [-0.2, 0) is 0 Å². The highest BCUT2D eigenvalue weighted by molar-refractivity contribution is 5.50. The number of hydrogen-bond donors (Lipinski definition) is 1. The van der Waals surface area contributed by atoms with E-state index in [1.54, 1.807) is 20.8 Å². The van der Waals surface area contributed by atoms with Crippen molar-refractivity contribution in [3.8, 4) is 5.88 Å². The van der Waals surface area contributed by atoms with E-state index in [4.69, 9.17) is 0 Å². The van der Waals surface area contributed by atoms with Crippen LogP contribution in [0.5, 0.6) is 5.88 Å². The minimum atomic E-state index is -5.66. The Balaban J connectivity index is 3.01. The molecule has 0 saturated carbocycles. The molecule has 1 heterocycles. The molecule has 0 aliphatic rings. The molecule has 1 aromatic rings. The molecule has 1 aromatic heterocycles. The van der Waals surface area contributed by atoms with Gasteiger partial charge >= 0.3 is 12.1 Å². The van der Waals surface area contributed by atoms with Crippen LogP contribution in [0.4, 0.5) is 27.8 Å². The van der Waals surface area contributed by atoms with E-state index in [0.29, 0.717) is 17.9 Å². The third-order valence-corrected chi connectivity index (χ3v) is 2.57. The van der Waals surface area contributed by atoms with Crippen LogP contribution in [0.2, 0.25) is 0 Å². The molecule has 9 heteroatoms. The molecule has 0 atom stereocenters. The highest BCUT2D eigenvalue weighted by Crippen LogP contribution is 2.37. The van der Waals surface area contributed by atoms with Gasteiger partial charge in [-0.2, -0.15) is 22.0 Å². The van der Waals surface area contributed by atoms with E-state index in [-0.39, 0.29) is 11.8 Å². The molecular formula is C12H16F5N3O. The van der Waals surface area contributed by atoms with Crippen LogP contribution in [0.15, 0.2) is 6.33 Å². The summed E-state index contributed by atoms with van der Waals surface area (Å²) in [5, 5.41) is 2.88. The van der Waals surface area contributed by atoms with Crippen LogP contribution in [-0.4, -0.2) is 35.2 Å². The quantitative estimate of drug-likeness (QED) is 0.815. The Morgan fingerprint density at radius 1 is 1.19 bits per heavy atom. The molecule has 1 rings (SSSR count). The fraction of sp³-hybridized carbons (Fsp3) is 0.667. The largest absolute Gasteiger partial charge is 0.471 e. The van der Waals surface area contributed by atoms with Crippen molar-refractivity contribution in [2.24, 2.45) is 0 Å². The van der Waals surface area contributed by atoms with Crippen molar-refractivity contribution in [3.05, 3.63) is 11.9 Å². The predicted octanol–water partition coefficient (Wildman–Crippen LogP) is 3.61. The second-order valence-electron chi connectivity index (χ2n) is 4.62. The van der Waals surface area contributed by atoms with E-state index >= 15 is 0 Å². The van der Waals surface area contributed by atoms with Gasteiger partial charge in [0.1, 0.15) is 12.1 Å². The van der Waals surface area contributed by atoms with Gasteiger partial charge in [-0.3, -0.25) is 0 Å². The molecule has 0 bridgehead atoms. The highest BCUT2D eigenvalue weighted by Gasteiger charge is 2.58. The zero-order chi connectivity index (χ0) is 16.3. The first-order valence-corrected chi connectivity index (χ1v) is 6.26. The number of halogens is 5. The minimum Gasteiger partial charge on any atom is -0.471 e. The molecule has 0 saturated heterocycles. The monoisotopic (exact) mass is 313 g/mol. The van der Waals surface area contributed by atoms with E-state index in [0.717, 1.165) is 6.33 Å². The maximum Gasteiger partial charge on any atom is 0.456 e. The first-order chi connectivity index (χ1) is 9.60. The summed E-state index contributed by atoms with van der Waals surface area (Å²) in [6.45, 7) is 3.95. The lowest BCUT2D eigenvalue weighted by molar-refractivity contribution is -0.290. The second kappa shape index (κ2) is 6.40. The summed E-state index contributed by atoms with van der Waals surface area (Å²) in [4.78, 5) is 7.59. The second-order valence-corrected chi connectivity index (χ2v) is 4.62. The Morgan fingerprint density at radius 2 is 1.81 bits per heavy atom. The molecule has 0 amide bonds. The summed E-state index contributed by atoms with van der Waals surface area (Å²) < 4.78 is 66.8. The van der Waals surface area contributed by atoms with Gasteiger partial charge in [-0.1, -0.05) is 13.8 Å². The van der Waals surface area contributed by atoms with Gasteiger partial charge in [-0.25, -0.2) is 9.97 Å². The molecule has 4 nitrogen and oxygen atoms in total. The number of alkyl halides is 5. The average Bonchev–Trinajstić information content (AvgIpc) is 2.35. The van der Waals surface area contributed by atoms with Crippen LogP contribution >= 0.6 is 0 Å². The third kappa shape index (κ3) is 4.15. The summed E-state index contributed by atoms with van der Waals surface area (Å²) in [6, 6.07) is 0. The van der Waals surface area contributed by atoms with E-state index in [2.05, 4.69) is 20.0 Å². The number of anilines is 1. The van der Waals surface area contributed by atoms with Crippen molar-refractivity contribution < 1.29 is 26.7 Å². The third-order valence-electron chi connectivity index (χ3n) is 2.57. The Labute approximate surface area is 118 Å². The number of nitrogens with one attached hydrogen (secondary N) is 1. The summed E-state index contributed by atoms with van der Waals surface area (Å²) in [6.07, 6.45) is -4.62. The zero-order valence-corrected chi connectivity index (χ0v) is 11.8. The smallest absolute Gasteiger partial charge is 0.456 e. The molecule has 0 fully saturated rings. The maximum absolute atomic E-state index is 12.9. The highest BCUT2D eigenvalue weighted by atomic mass is 19.4. The number of aromatic nitrogens is 2. The molecule has 120 valence electrons. The topological polar surface area (TPSA) is 47.0 Å². The first-order valence-electron chi connectivity index (χ1n) is 6.26. The van der Waals surface area contributed by atoms with E-state index in [9.17, 15) is 22.0 Å². The molecule has 0 aliphatic carbocycles. The SMILES string of the molecule is CCNc1ncnc(OCC(F)(F)C(F)(F)F)c1C(C)C. The van der Waals surface area contributed by atoms with Crippen molar-refractivity contribution >= 4 is 5.82 Å². The van der Waals surface area contributed by atoms with Gasteiger partial charge in [-0.15, -0.1) is 0 Å². The normalized spacial score (nSPS) is 12.6. The summed E-state index contributed by atoms with van der Waals surface area (Å²) in [5.74, 6) is -5.08. The standard InChI is InChI=1S/C12H16F5N3O/c1-4-18-9-8(7(2)3)10(20-6-19-9)21-5-11(13,14)12(15,16)17/h6-7H,4-5H2,1-3H3,(H,18,19,20). The molecule has 0 radical (unpaired) electrons.